The predicted molar refractivity (Wildman–Crippen MR) is 119 cm³/mol. The summed E-state index contributed by atoms with van der Waals surface area (Å²) >= 11 is 0. The molecule has 29 heavy (non-hydrogen) atoms. The zero-order valence-corrected chi connectivity index (χ0v) is 18.5. The molecule has 0 radical (unpaired) electrons. The number of fused-ring (bicyclic) bond motifs is 1. The molecule has 0 aromatic heterocycles. The molecule has 0 saturated carbocycles. The highest BCUT2D eigenvalue weighted by atomic mass is 32.2. The van der Waals surface area contributed by atoms with Crippen molar-refractivity contribution in [1.29, 1.82) is 4.78 Å². The van der Waals surface area contributed by atoms with Gasteiger partial charge < -0.3 is 9.64 Å². The normalized spacial score (nSPS) is 23.9. The number of piperazine rings is 1. The van der Waals surface area contributed by atoms with E-state index in [0.29, 0.717) is 16.9 Å². The van der Waals surface area contributed by atoms with E-state index in [1.54, 1.807) is 6.92 Å². The van der Waals surface area contributed by atoms with Gasteiger partial charge >= 0.3 is 0 Å². The first-order chi connectivity index (χ1) is 13.7. The summed E-state index contributed by atoms with van der Waals surface area (Å²) in [5.41, 5.74) is 2.57. The Balaban J connectivity index is 1.64. The van der Waals surface area contributed by atoms with E-state index in [1.807, 2.05) is 0 Å². The number of allylic oxidation sites excluding steroid dienone is 1. The molecule has 2 aliphatic heterocycles. The molecule has 8 heteroatoms. The van der Waals surface area contributed by atoms with Crippen LogP contribution in [0.3, 0.4) is 0 Å². The third-order valence-corrected chi connectivity index (χ3v) is 7.01. The highest BCUT2D eigenvalue weighted by Crippen LogP contribution is 2.33. The maximum atomic E-state index is 11.8. The Morgan fingerprint density at radius 1 is 1.38 bits per heavy atom. The molecule has 7 nitrogen and oxygen atoms in total. The smallest absolute Gasteiger partial charge is 0.224 e. The molecular formula is C21H31N5O2S. The lowest BCUT2D eigenvalue weighted by molar-refractivity contribution is 0.140. The number of hydrogen-bond donors (Lipinski definition) is 1. The highest BCUT2D eigenvalue weighted by molar-refractivity contribution is 7.95. The Morgan fingerprint density at radius 3 is 2.69 bits per heavy atom. The molecule has 0 bridgehead atoms. The Hall–Kier alpha value is -2.19. The van der Waals surface area contributed by atoms with Gasteiger partial charge in [-0.3, -0.25) is 4.90 Å². The summed E-state index contributed by atoms with van der Waals surface area (Å²) < 4.78 is 25.3. The first-order valence-electron chi connectivity index (χ1n) is 9.92. The van der Waals surface area contributed by atoms with Crippen LogP contribution < -0.4 is 4.74 Å². The molecule has 3 rings (SSSR count). The van der Waals surface area contributed by atoms with Gasteiger partial charge in [0, 0.05) is 56.0 Å². The fraction of sp³-hybridized carbons (Fsp3) is 0.524. The lowest BCUT2D eigenvalue weighted by Crippen LogP contribution is -2.48. The SMILES string of the molecule is C=NC(=N/C=C(\C)S(C)(=N)=O)N1CCN(C(C)c2ccc3c(c2)O[C@H](C)C3)CC1. The van der Waals surface area contributed by atoms with Gasteiger partial charge in [0.15, 0.2) is 0 Å². The van der Waals surface area contributed by atoms with E-state index in [1.165, 1.54) is 23.6 Å². The minimum Gasteiger partial charge on any atom is -0.490 e. The molecular weight excluding hydrogens is 386 g/mol. The molecule has 2 aliphatic rings. The number of rotatable bonds is 4. The zero-order chi connectivity index (χ0) is 21.2. The van der Waals surface area contributed by atoms with Crippen molar-refractivity contribution in [3.05, 3.63) is 40.4 Å². The van der Waals surface area contributed by atoms with E-state index in [0.717, 1.165) is 38.3 Å². The van der Waals surface area contributed by atoms with E-state index in [2.05, 4.69) is 58.5 Å². The van der Waals surface area contributed by atoms with Crippen LogP contribution in [0.4, 0.5) is 0 Å². The summed E-state index contributed by atoms with van der Waals surface area (Å²) in [6.45, 7) is 13.0. The highest BCUT2D eigenvalue weighted by Gasteiger charge is 2.25. The zero-order valence-electron chi connectivity index (χ0n) is 17.7. The number of aliphatic imine (C=N–C) groups is 2. The monoisotopic (exact) mass is 417 g/mol. The van der Waals surface area contributed by atoms with Gasteiger partial charge in [-0.1, -0.05) is 12.1 Å². The summed E-state index contributed by atoms with van der Waals surface area (Å²) in [6, 6.07) is 6.89. The van der Waals surface area contributed by atoms with Gasteiger partial charge in [-0.2, -0.15) is 0 Å². The molecule has 1 aromatic carbocycles. The van der Waals surface area contributed by atoms with Gasteiger partial charge in [0.05, 0.1) is 9.73 Å². The van der Waals surface area contributed by atoms with E-state index in [9.17, 15) is 4.21 Å². The molecule has 0 amide bonds. The molecule has 0 spiro atoms. The minimum absolute atomic E-state index is 0.261. The molecule has 1 saturated heterocycles. The van der Waals surface area contributed by atoms with Crippen molar-refractivity contribution in [3.8, 4) is 5.75 Å². The Bertz CT molecular complexity index is 930. The number of guanidine groups is 1. The molecule has 2 heterocycles. The third kappa shape index (κ3) is 5.05. The predicted octanol–water partition coefficient (Wildman–Crippen LogP) is 3.28. The van der Waals surface area contributed by atoms with Crippen LogP contribution in [0.25, 0.3) is 0 Å². The summed E-state index contributed by atoms with van der Waals surface area (Å²) in [5.74, 6) is 1.54. The second-order valence-corrected chi connectivity index (χ2v) is 10.2. The van der Waals surface area contributed by atoms with Crippen LogP contribution in [-0.4, -0.2) is 65.2 Å². The van der Waals surface area contributed by atoms with Crippen molar-refractivity contribution in [2.75, 3.05) is 32.4 Å². The Morgan fingerprint density at radius 2 is 2.07 bits per heavy atom. The van der Waals surface area contributed by atoms with Gasteiger partial charge in [-0.25, -0.2) is 19.0 Å². The topological polar surface area (TPSA) is 81.3 Å². The van der Waals surface area contributed by atoms with E-state index >= 15 is 0 Å². The number of ether oxygens (including phenoxy) is 1. The number of hydrogen-bond acceptors (Lipinski definition) is 5. The third-order valence-electron chi connectivity index (χ3n) is 5.67. The average Bonchev–Trinajstić information content (AvgIpc) is 3.06. The lowest BCUT2D eigenvalue weighted by atomic mass is 10.0. The lowest BCUT2D eigenvalue weighted by Gasteiger charge is -2.38. The van der Waals surface area contributed by atoms with Crippen molar-refractivity contribution < 1.29 is 8.95 Å². The molecule has 1 fully saturated rings. The van der Waals surface area contributed by atoms with Crippen LogP contribution in [0, 0.1) is 4.78 Å². The van der Waals surface area contributed by atoms with Gasteiger partial charge in [-0.15, -0.1) is 0 Å². The molecule has 158 valence electrons. The van der Waals surface area contributed by atoms with Crippen molar-refractivity contribution >= 4 is 22.4 Å². The molecule has 0 aliphatic carbocycles. The van der Waals surface area contributed by atoms with E-state index < -0.39 is 9.73 Å². The number of nitrogens with one attached hydrogen (secondary N) is 1. The summed E-state index contributed by atoms with van der Waals surface area (Å²) in [5, 5.41) is 0. The first-order valence-corrected chi connectivity index (χ1v) is 11.9. The maximum Gasteiger partial charge on any atom is 0.224 e. The molecule has 1 N–H and O–H groups in total. The number of nitrogens with zero attached hydrogens (tertiary/aromatic N) is 4. The summed E-state index contributed by atoms with van der Waals surface area (Å²) in [6.07, 6.45) is 4.11. The quantitative estimate of drug-likeness (QED) is 0.602. The fourth-order valence-corrected chi connectivity index (χ4v) is 3.92. The second-order valence-electron chi connectivity index (χ2n) is 7.87. The van der Waals surface area contributed by atoms with E-state index in [4.69, 9.17) is 9.52 Å². The van der Waals surface area contributed by atoms with E-state index in [-0.39, 0.29) is 6.10 Å². The van der Waals surface area contributed by atoms with Gasteiger partial charge in [0.1, 0.15) is 11.9 Å². The van der Waals surface area contributed by atoms with Gasteiger partial charge in [0.25, 0.3) is 0 Å². The summed E-state index contributed by atoms with van der Waals surface area (Å²) in [4.78, 5) is 13.3. The van der Waals surface area contributed by atoms with Crippen LogP contribution in [0.1, 0.15) is 37.9 Å². The van der Waals surface area contributed by atoms with Crippen LogP contribution in [-0.2, 0) is 16.1 Å². The van der Waals surface area contributed by atoms with Gasteiger partial charge in [-0.05, 0) is 44.7 Å². The van der Waals surface area contributed by atoms with Crippen LogP contribution in [0.5, 0.6) is 5.75 Å². The minimum atomic E-state index is -2.74. The van der Waals surface area contributed by atoms with Crippen molar-refractivity contribution in [1.82, 2.24) is 9.80 Å². The van der Waals surface area contributed by atoms with Crippen LogP contribution in [0.2, 0.25) is 0 Å². The Labute approximate surface area is 174 Å². The Kier molecular flexibility index (Phi) is 6.43. The molecule has 2 unspecified atom stereocenters. The largest absolute Gasteiger partial charge is 0.490 e. The molecule has 1 aromatic rings. The molecule has 3 atom stereocenters. The average molecular weight is 418 g/mol. The van der Waals surface area contributed by atoms with Crippen molar-refractivity contribution in [3.63, 3.8) is 0 Å². The van der Waals surface area contributed by atoms with Crippen LogP contribution in [0.15, 0.2) is 39.3 Å². The fourth-order valence-electron chi connectivity index (χ4n) is 3.67. The standard InChI is InChI=1S/C21H31N5O2S/c1-15-12-19-7-6-18(13-20(19)28-15)17(3)25-8-10-26(11-9-25)21(23-4)24-14-16(2)29(5,22)27/h6-7,13-15,17,22H,4,8-12H2,1-3,5H3/b16-14+,24-21?/t15-,17?,29?/m1/s1. The maximum absolute atomic E-state index is 11.8. The van der Waals surface area contributed by atoms with Crippen molar-refractivity contribution in [2.24, 2.45) is 9.98 Å². The van der Waals surface area contributed by atoms with Crippen LogP contribution >= 0.6 is 0 Å². The second kappa shape index (κ2) is 8.67. The summed E-state index contributed by atoms with van der Waals surface area (Å²) in [7, 11) is -2.74. The number of benzene rings is 1. The van der Waals surface area contributed by atoms with Gasteiger partial charge in [0.2, 0.25) is 5.96 Å². The van der Waals surface area contributed by atoms with Crippen molar-refractivity contribution in [2.45, 2.75) is 39.3 Å². The first kappa shape index (κ1) is 21.5.